The van der Waals surface area contributed by atoms with Gasteiger partial charge in [0.15, 0.2) is 5.16 Å². The maximum atomic E-state index is 12.3. The number of benzene rings is 1. The molecular weight excluding hydrogens is 402 g/mol. The maximum absolute atomic E-state index is 12.3. The van der Waals surface area contributed by atoms with Crippen molar-refractivity contribution in [2.45, 2.75) is 11.2 Å². The zero-order chi connectivity index (χ0) is 19.2. The first-order chi connectivity index (χ1) is 13.0. The van der Waals surface area contributed by atoms with Gasteiger partial charge in [-0.05, 0) is 54.7 Å². The average molecular weight is 422 g/mol. The molecule has 0 saturated carbocycles. The van der Waals surface area contributed by atoms with Crippen molar-refractivity contribution in [1.82, 2.24) is 25.0 Å². The van der Waals surface area contributed by atoms with Crippen LogP contribution >= 0.6 is 34.7 Å². The monoisotopic (exact) mass is 421 g/mol. The van der Waals surface area contributed by atoms with E-state index in [0.29, 0.717) is 16.7 Å². The Morgan fingerprint density at radius 3 is 2.96 bits per heavy atom. The highest BCUT2D eigenvalue weighted by atomic mass is 35.5. The predicted molar refractivity (Wildman–Crippen MR) is 111 cm³/mol. The number of nitrogens with zero attached hydrogens (tertiary/aromatic N) is 4. The normalized spacial score (nSPS) is 12.3. The molecule has 9 heteroatoms. The molecule has 27 heavy (non-hydrogen) atoms. The van der Waals surface area contributed by atoms with Crippen LogP contribution in [0.3, 0.4) is 0 Å². The highest BCUT2D eigenvalue weighted by Gasteiger charge is 2.16. The van der Waals surface area contributed by atoms with Crippen LogP contribution in [0.2, 0.25) is 5.02 Å². The lowest BCUT2D eigenvalue weighted by Gasteiger charge is -2.23. The lowest BCUT2D eigenvalue weighted by molar-refractivity contribution is -0.118. The molecule has 3 aromatic rings. The molecule has 1 unspecified atom stereocenters. The molecule has 3 rings (SSSR count). The van der Waals surface area contributed by atoms with Gasteiger partial charge in [0, 0.05) is 11.6 Å². The summed E-state index contributed by atoms with van der Waals surface area (Å²) in [5.74, 6) is 0.228. The van der Waals surface area contributed by atoms with Gasteiger partial charge in [-0.2, -0.15) is 11.3 Å². The zero-order valence-electron chi connectivity index (χ0n) is 15.0. The smallest absolute Gasteiger partial charge is 0.230 e. The number of halogens is 1. The van der Waals surface area contributed by atoms with E-state index in [1.807, 2.05) is 48.3 Å². The molecule has 0 bridgehead atoms. The van der Waals surface area contributed by atoms with Crippen molar-refractivity contribution < 1.29 is 4.79 Å². The third kappa shape index (κ3) is 5.32. The second-order valence-corrected chi connectivity index (χ2v) is 8.25. The number of aromatic nitrogens is 3. The summed E-state index contributed by atoms with van der Waals surface area (Å²) in [6, 6.07) is 9.67. The lowest BCUT2D eigenvalue weighted by atomic mass is 10.1. The first-order valence-electron chi connectivity index (χ1n) is 8.28. The van der Waals surface area contributed by atoms with E-state index in [0.717, 1.165) is 5.69 Å². The summed E-state index contributed by atoms with van der Waals surface area (Å²) in [5, 5.41) is 16.5. The number of likely N-dealkylation sites (N-methyl/N-ethyl adjacent to an activating group) is 1. The average Bonchev–Trinajstić information content (AvgIpc) is 3.32. The Kier molecular flexibility index (Phi) is 6.89. The minimum Gasteiger partial charge on any atom is -0.353 e. The third-order valence-corrected chi connectivity index (χ3v) is 5.86. The van der Waals surface area contributed by atoms with E-state index < -0.39 is 0 Å². The van der Waals surface area contributed by atoms with Gasteiger partial charge >= 0.3 is 0 Å². The van der Waals surface area contributed by atoms with Crippen LogP contribution in [0.15, 0.2) is 52.6 Å². The Bertz CT molecular complexity index is 882. The standard InChI is InChI=1S/C18H20ClN5OS2/c1-23(2)16(13-6-7-26-10-13)9-20-17(25)11-27-18-22-21-12-24(18)15-5-3-4-14(19)8-15/h3-8,10,12,16H,9,11H2,1-2H3,(H,20,25). The molecule has 1 amide bonds. The van der Waals surface area contributed by atoms with Crippen molar-refractivity contribution in [2.24, 2.45) is 0 Å². The summed E-state index contributed by atoms with van der Waals surface area (Å²) in [6.45, 7) is 0.560. The minimum atomic E-state index is -0.0391. The van der Waals surface area contributed by atoms with Crippen molar-refractivity contribution in [1.29, 1.82) is 0 Å². The molecule has 1 N–H and O–H groups in total. The molecule has 0 spiro atoms. The van der Waals surface area contributed by atoms with Crippen LogP contribution in [0, 0.1) is 0 Å². The van der Waals surface area contributed by atoms with E-state index in [4.69, 9.17) is 11.6 Å². The van der Waals surface area contributed by atoms with E-state index in [1.165, 1.54) is 17.3 Å². The largest absolute Gasteiger partial charge is 0.353 e. The van der Waals surface area contributed by atoms with Gasteiger partial charge in [-0.1, -0.05) is 29.4 Å². The number of thioether (sulfide) groups is 1. The van der Waals surface area contributed by atoms with Crippen LogP contribution in [-0.2, 0) is 4.79 Å². The summed E-state index contributed by atoms with van der Waals surface area (Å²) in [5.41, 5.74) is 2.07. The van der Waals surface area contributed by atoms with Gasteiger partial charge in [0.05, 0.1) is 17.5 Å². The van der Waals surface area contributed by atoms with E-state index in [9.17, 15) is 4.79 Å². The molecule has 0 fully saturated rings. The fourth-order valence-electron chi connectivity index (χ4n) is 2.58. The highest BCUT2D eigenvalue weighted by Crippen LogP contribution is 2.22. The number of carbonyl (C=O) groups is 1. The van der Waals surface area contributed by atoms with E-state index in [-0.39, 0.29) is 17.7 Å². The summed E-state index contributed by atoms with van der Waals surface area (Å²) in [4.78, 5) is 14.4. The van der Waals surface area contributed by atoms with Crippen LogP contribution in [0.1, 0.15) is 11.6 Å². The Morgan fingerprint density at radius 2 is 2.26 bits per heavy atom. The second-order valence-electron chi connectivity index (χ2n) is 6.09. The molecule has 1 aromatic carbocycles. The third-order valence-electron chi connectivity index (χ3n) is 3.98. The molecule has 1 atom stereocenters. The molecular formula is C18H20ClN5OS2. The topological polar surface area (TPSA) is 63.1 Å². The van der Waals surface area contributed by atoms with Crippen LogP contribution < -0.4 is 5.32 Å². The van der Waals surface area contributed by atoms with Crippen LogP contribution in [0.4, 0.5) is 0 Å². The van der Waals surface area contributed by atoms with Crippen molar-refractivity contribution in [2.75, 3.05) is 26.4 Å². The van der Waals surface area contributed by atoms with Gasteiger partial charge in [-0.3, -0.25) is 9.36 Å². The lowest BCUT2D eigenvalue weighted by Crippen LogP contribution is -2.35. The molecule has 2 heterocycles. The fourth-order valence-corrected chi connectivity index (χ4v) is 4.23. The quantitative estimate of drug-likeness (QED) is 0.564. The molecule has 0 aliphatic rings. The van der Waals surface area contributed by atoms with Gasteiger partial charge in [0.1, 0.15) is 6.33 Å². The summed E-state index contributed by atoms with van der Waals surface area (Å²) >= 11 is 9.05. The van der Waals surface area contributed by atoms with Gasteiger partial charge in [0.25, 0.3) is 0 Å². The number of rotatable bonds is 8. The molecule has 142 valence electrons. The van der Waals surface area contributed by atoms with E-state index in [2.05, 4.69) is 31.9 Å². The molecule has 6 nitrogen and oxygen atoms in total. The number of nitrogens with one attached hydrogen (secondary N) is 1. The zero-order valence-corrected chi connectivity index (χ0v) is 17.4. The van der Waals surface area contributed by atoms with E-state index >= 15 is 0 Å². The Balaban J connectivity index is 1.56. The molecule has 0 aliphatic carbocycles. The van der Waals surface area contributed by atoms with Gasteiger partial charge in [0.2, 0.25) is 5.91 Å². The Hall–Kier alpha value is -1.87. The summed E-state index contributed by atoms with van der Waals surface area (Å²) < 4.78 is 1.82. The Labute approximate surface area is 171 Å². The molecule has 0 saturated heterocycles. The maximum Gasteiger partial charge on any atom is 0.230 e. The summed E-state index contributed by atoms with van der Waals surface area (Å²) in [6.07, 6.45) is 1.62. The number of hydrogen-bond donors (Lipinski definition) is 1. The van der Waals surface area contributed by atoms with Crippen molar-refractivity contribution in [3.8, 4) is 5.69 Å². The molecule has 0 radical (unpaired) electrons. The van der Waals surface area contributed by atoms with Gasteiger partial charge in [-0.15, -0.1) is 10.2 Å². The minimum absolute atomic E-state index is 0.0391. The van der Waals surface area contributed by atoms with Gasteiger partial charge in [-0.25, -0.2) is 0 Å². The van der Waals surface area contributed by atoms with Crippen LogP contribution in [-0.4, -0.2) is 52.0 Å². The first-order valence-corrected chi connectivity index (χ1v) is 10.6. The summed E-state index contributed by atoms with van der Waals surface area (Å²) in [7, 11) is 4.02. The van der Waals surface area contributed by atoms with Gasteiger partial charge < -0.3 is 10.2 Å². The fraction of sp³-hybridized carbons (Fsp3) is 0.278. The van der Waals surface area contributed by atoms with Crippen molar-refractivity contribution >= 4 is 40.6 Å². The van der Waals surface area contributed by atoms with Crippen molar-refractivity contribution in [3.63, 3.8) is 0 Å². The number of carbonyl (C=O) groups excluding carboxylic acids is 1. The second kappa shape index (κ2) is 9.36. The number of thiophene rings is 1. The van der Waals surface area contributed by atoms with Crippen LogP contribution in [0.25, 0.3) is 5.69 Å². The predicted octanol–water partition coefficient (Wildman–Crippen LogP) is 3.49. The Morgan fingerprint density at radius 1 is 1.41 bits per heavy atom. The van der Waals surface area contributed by atoms with Crippen molar-refractivity contribution in [3.05, 3.63) is 58.0 Å². The molecule has 0 aliphatic heterocycles. The highest BCUT2D eigenvalue weighted by molar-refractivity contribution is 7.99. The number of amides is 1. The number of hydrogen-bond acceptors (Lipinski definition) is 6. The van der Waals surface area contributed by atoms with E-state index in [1.54, 1.807) is 17.7 Å². The van der Waals surface area contributed by atoms with Crippen LogP contribution in [0.5, 0.6) is 0 Å². The molecule has 2 aromatic heterocycles. The first kappa shape index (κ1) is 19.9. The SMILES string of the molecule is CN(C)C(CNC(=O)CSc1nncn1-c1cccc(Cl)c1)c1ccsc1.